The zero-order chi connectivity index (χ0) is 17.1. The van der Waals surface area contributed by atoms with E-state index in [0.29, 0.717) is 11.4 Å². The van der Waals surface area contributed by atoms with Crippen LogP contribution in [0.25, 0.3) is 0 Å². The van der Waals surface area contributed by atoms with Crippen molar-refractivity contribution in [2.45, 2.75) is 18.9 Å². The van der Waals surface area contributed by atoms with E-state index < -0.39 is 6.10 Å². The van der Waals surface area contributed by atoms with Crippen molar-refractivity contribution >= 4 is 17.5 Å². The van der Waals surface area contributed by atoms with Gasteiger partial charge in [0, 0.05) is 51.2 Å². The van der Waals surface area contributed by atoms with Gasteiger partial charge in [0.1, 0.15) is 5.75 Å². The number of ether oxygens (including phenoxy) is 1. The molecule has 2 aliphatic rings. The summed E-state index contributed by atoms with van der Waals surface area (Å²) in [5.41, 5.74) is 1.02. The quantitative estimate of drug-likeness (QED) is 0.809. The van der Waals surface area contributed by atoms with Gasteiger partial charge >= 0.3 is 0 Å². The molecule has 0 radical (unpaired) electrons. The molecule has 1 fully saturated rings. The van der Waals surface area contributed by atoms with Crippen molar-refractivity contribution in [2.24, 2.45) is 0 Å². The maximum atomic E-state index is 12.6. The summed E-state index contributed by atoms with van der Waals surface area (Å²) in [6.45, 7) is 6.32. The first-order valence-electron chi connectivity index (χ1n) is 8.64. The van der Waals surface area contributed by atoms with Crippen molar-refractivity contribution in [2.75, 3.05) is 53.4 Å². The standard InChI is InChI=1S/C18H26ClN3O2/c1-20-8-10-22(11-9-20)7-3-6-21(2)18(23)17-13-14-12-15(19)4-5-16(14)24-17/h4-5,12,17H,3,6-11,13H2,1-2H3. The highest BCUT2D eigenvalue weighted by atomic mass is 35.5. The Morgan fingerprint density at radius 1 is 1.33 bits per heavy atom. The molecule has 1 atom stereocenters. The van der Waals surface area contributed by atoms with Gasteiger partial charge in [-0.3, -0.25) is 4.79 Å². The summed E-state index contributed by atoms with van der Waals surface area (Å²) in [5, 5.41) is 0.686. The molecular formula is C18H26ClN3O2. The molecular weight excluding hydrogens is 326 g/mol. The Kier molecular flexibility index (Phi) is 5.64. The van der Waals surface area contributed by atoms with E-state index in [2.05, 4.69) is 16.8 Å². The first-order valence-corrected chi connectivity index (χ1v) is 9.01. The molecule has 6 heteroatoms. The van der Waals surface area contributed by atoms with Crippen molar-refractivity contribution < 1.29 is 9.53 Å². The smallest absolute Gasteiger partial charge is 0.263 e. The fraction of sp³-hybridized carbons (Fsp3) is 0.611. The van der Waals surface area contributed by atoms with Crippen LogP contribution in [-0.2, 0) is 11.2 Å². The molecule has 0 bridgehead atoms. The van der Waals surface area contributed by atoms with E-state index in [1.807, 2.05) is 19.2 Å². The van der Waals surface area contributed by atoms with Crippen LogP contribution in [0, 0.1) is 0 Å². The predicted octanol–water partition coefficient (Wildman–Crippen LogP) is 1.74. The SMILES string of the molecule is CN1CCN(CCCN(C)C(=O)C2Cc3cc(Cl)ccc3O2)CC1. The molecule has 1 aromatic carbocycles. The van der Waals surface area contributed by atoms with Gasteiger partial charge in [0.05, 0.1) is 0 Å². The lowest BCUT2D eigenvalue weighted by molar-refractivity contribution is -0.136. The summed E-state index contributed by atoms with van der Waals surface area (Å²) in [5.74, 6) is 0.837. The lowest BCUT2D eigenvalue weighted by atomic mass is 10.1. The number of halogens is 1. The molecule has 0 aliphatic carbocycles. The third-order valence-corrected chi connectivity index (χ3v) is 5.15. The summed E-state index contributed by atoms with van der Waals surface area (Å²) in [7, 11) is 4.03. The zero-order valence-corrected chi connectivity index (χ0v) is 15.3. The molecule has 2 heterocycles. The van der Waals surface area contributed by atoms with Crippen LogP contribution in [0.2, 0.25) is 5.02 Å². The first-order chi connectivity index (χ1) is 11.5. The van der Waals surface area contributed by atoms with Crippen molar-refractivity contribution in [1.29, 1.82) is 0 Å². The largest absolute Gasteiger partial charge is 0.480 e. The second-order valence-electron chi connectivity index (χ2n) is 6.82. The summed E-state index contributed by atoms with van der Waals surface area (Å²) < 4.78 is 5.79. The number of hydrogen-bond donors (Lipinski definition) is 0. The van der Waals surface area contributed by atoms with Gasteiger partial charge in [-0.25, -0.2) is 0 Å². The molecule has 2 aliphatic heterocycles. The van der Waals surface area contributed by atoms with E-state index in [9.17, 15) is 4.79 Å². The van der Waals surface area contributed by atoms with Gasteiger partial charge in [0.15, 0.2) is 6.10 Å². The Morgan fingerprint density at radius 2 is 2.08 bits per heavy atom. The van der Waals surface area contributed by atoms with Crippen LogP contribution in [0.1, 0.15) is 12.0 Å². The molecule has 1 unspecified atom stereocenters. The minimum absolute atomic E-state index is 0.0562. The van der Waals surface area contributed by atoms with E-state index in [1.165, 1.54) is 0 Å². The van der Waals surface area contributed by atoms with Crippen LogP contribution in [0.4, 0.5) is 0 Å². The van der Waals surface area contributed by atoms with E-state index in [4.69, 9.17) is 16.3 Å². The highest BCUT2D eigenvalue weighted by molar-refractivity contribution is 6.30. The molecule has 1 aromatic rings. The molecule has 132 valence electrons. The predicted molar refractivity (Wildman–Crippen MR) is 95.8 cm³/mol. The first kappa shape index (κ1) is 17.5. The second-order valence-corrected chi connectivity index (χ2v) is 7.26. The number of benzene rings is 1. The fourth-order valence-corrected chi connectivity index (χ4v) is 3.51. The molecule has 1 amide bonds. The Bertz CT molecular complexity index is 588. The van der Waals surface area contributed by atoms with E-state index >= 15 is 0 Å². The van der Waals surface area contributed by atoms with Gasteiger partial charge in [-0.1, -0.05) is 11.6 Å². The number of rotatable bonds is 5. The number of nitrogens with zero attached hydrogens (tertiary/aromatic N) is 3. The van der Waals surface area contributed by atoms with Crippen molar-refractivity contribution in [1.82, 2.24) is 14.7 Å². The van der Waals surface area contributed by atoms with E-state index in [1.54, 1.807) is 11.0 Å². The number of carbonyl (C=O) groups excluding carboxylic acids is 1. The Balaban J connectivity index is 1.42. The normalized spacial score (nSPS) is 21.4. The third-order valence-electron chi connectivity index (χ3n) is 4.91. The minimum atomic E-state index is -0.410. The van der Waals surface area contributed by atoms with Gasteiger partial charge in [-0.05, 0) is 43.8 Å². The van der Waals surface area contributed by atoms with Gasteiger partial charge in [-0.2, -0.15) is 0 Å². The van der Waals surface area contributed by atoms with E-state index in [-0.39, 0.29) is 5.91 Å². The van der Waals surface area contributed by atoms with Crippen LogP contribution in [-0.4, -0.2) is 80.1 Å². The summed E-state index contributed by atoms with van der Waals surface area (Å²) in [6.07, 6.45) is 1.20. The van der Waals surface area contributed by atoms with Gasteiger partial charge < -0.3 is 19.4 Å². The number of piperazine rings is 1. The molecule has 3 rings (SSSR count). The van der Waals surface area contributed by atoms with Gasteiger partial charge in [0.25, 0.3) is 5.91 Å². The minimum Gasteiger partial charge on any atom is -0.480 e. The fourth-order valence-electron chi connectivity index (χ4n) is 3.31. The van der Waals surface area contributed by atoms with Gasteiger partial charge in [0.2, 0.25) is 0 Å². The molecule has 1 saturated heterocycles. The Hall–Kier alpha value is -1.30. The molecule has 0 saturated carbocycles. The van der Waals surface area contributed by atoms with E-state index in [0.717, 1.165) is 57.0 Å². The highest BCUT2D eigenvalue weighted by Gasteiger charge is 2.31. The number of fused-ring (bicyclic) bond motifs is 1. The summed E-state index contributed by atoms with van der Waals surface area (Å²) in [6, 6.07) is 5.53. The van der Waals surface area contributed by atoms with Crippen LogP contribution in [0.15, 0.2) is 18.2 Å². The van der Waals surface area contributed by atoms with Gasteiger partial charge in [-0.15, -0.1) is 0 Å². The van der Waals surface area contributed by atoms with Crippen LogP contribution < -0.4 is 4.74 Å². The molecule has 0 N–H and O–H groups in total. The maximum Gasteiger partial charge on any atom is 0.263 e. The topological polar surface area (TPSA) is 36.0 Å². The summed E-state index contributed by atoms with van der Waals surface area (Å²) in [4.78, 5) is 19.2. The summed E-state index contributed by atoms with van der Waals surface area (Å²) >= 11 is 6.01. The highest BCUT2D eigenvalue weighted by Crippen LogP contribution is 2.31. The molecule has 0 aromatic heterocycles. The second kappa shape index (κ2) is 7.72. The lowest BCUT2D eigenvalue weighted by Gasteiger charge is -2.32. The number of amides is 1. The monoisotopic (exact) mass is 351 g/mol. The Morgan fingerprint density at radius 3 is 2.83 bits per heavy atom. The maximum absolute atomic E-state index is 12.6. The molecule has 0 spiro atoms. The number of hydrogen-bond acceptors (Lipinski definition) is 4. The number of carbonyl (C=O) groups is 1. The molecule has 5 nitrogen and oxygen atoms in total. The third kappa shape index (κ3) is 4.21. The molecule has 24 heavy (non-hydrogen) atoms. The Labute approximate surface area is 149 Å². The van der Waals surface area contributed by atoms with Crippen molar-refractivity contribution in [3.8, 4) is 5.75 Å². The lowest BCUT2D eigenvalue weighted by Crippen LogP contribution is -2.45. The number of likely N-dealkylation sites (N-methyl/N-ethyl adjacent to an activating group) is 2. The average molecular weight is 352 g/mol. The van der Waals surface area contributed by atoms with Crippen LogP contribution in [0.5, 0.6) is 5.75 Å². The van der Waals surface area contributed by atoms with Crippen molar-refractivity contribution in [3.63, 3.8) is 0 Å². The van der Waals surface area contributed by atoms with Crippen LogP contribution >= 0.6 is 11.6 Å². The van der Waals surface area contributed by atoms with Crippen molar-refractivity contribution in [3.05, 3.63) is 28.8 Å². The average Bonchev–Trinajstić information content (AvgIpc) is 2.98. The zero-order valence-electron chi connectivity index (χ0n) is 14.5. The van der Waals surface area contributed by atoms with Crippen LogP contribution in [0.3, 0.4) is 0 Å².